The molecule has 0 bridgehead atoms. The van der Waals surface area contributed by atoms with E-state index >= 15 is 0 Å². The van der Waals surface area contributed by atoms with Crippen LogP contribution in [0.15, 0.2) is 27.6 Å². The number of amides is 1. The van der Waals surface area contributed by atoms with Crippen molar-refractivity contribution in [3.05, 3.63) is 35.2 Å². The molecule has 0 radical (unpaired) electrons. The molecule has 3 atom stereocenters. The van der Waals surface area contributed by atoms with Gasteiger partial charge in [-0.05, 0) is 46.0 Å². The van der Waals surface area contributed by atoms with E-state index in [2.05, 4.69) is 15.2 Å². The number of likely N-dealkylation sites (N-methyl/N-ethyl adjacent to an activating group) is 1. The summed E-state index contributed by atoms with van der Waals surface area (Å²) >= 11 is 0. The summed E-state index contributed by atoms with van der Waals surface area (Å²) < 4.78 is 39.4. The number of aliphatic hydroxyl groups excluding tert-OH is 1. The van der Waals surface area contributed by atoms with Crippen LogP contribution < -0.4 is 14.8 Å². The van der Waals surface area contributed by atoms with Crippen molar-refractivity contribution in [2.75, 3.05) is 31.5 Å². The van der Waals surface area contributed by atoms with Crippen LogP contribution in [0.5, 0.6) is 5.75 Å². The highest BCUT2D eigenvalue weighted by molar-refractivity contribution is 7.92. The molecular formula is C21H30N4O6S. The van der Waals surface area contributed by atoms with Gasteiger partial charge < -0.3 is 24.6 Å². The Morgan fingerprint density at radius 2 is 2.06 bits per heavy atom. The van der Waals surface area contributed by atoms with Crippen molar-refractivity contribution in [3.63, 3.8) is 0 Å². The lowest BCUT2D eigenvalue weighted by molar-refractivity contribution is 0.0416. The van der Waals surface area contributed by atoms with Gasteiger partial charge in [-0.3, -0.25) is 9.52 Å². The van der Waals surface area contributed by atoms with Gasteiger partial charge in [-0.2, -0.15) is 0 Å². The third-order valence-electron chi connectivity index (χ3n) is 5.56. The average molecular weight is 467 g/mol. The zero-order chi connectivity index (χ0) is 23.6. The molecule has 3 N–H and O–H groups in total. The van der Waals surface area contributed by atoms with Crippen LogP contribution in [0.4, 0.5) is 5.69 Å². The molecule has 176 valence electrons. The number of aromatic nitrogens is 1. The van der Waals surface area contributed by atoms with Gasteiger partial charge in [-0.1, -0.05) is 12.1 Å². The standard InChI is InChI=1S/C21H30N4O6S/c1-12-10-25(13(2)11-26)21(27)17-8-16(6-7-18(17)30-19(12)9-22-5)24-32(28,29)20-14(3)23-31-15(20)4/h6-8,12-13,19,22,24,26H,9-11H2,1-5H3/t12-,13-,19+/m0/s1. The van der Waals surface area contributed by atoms with Crippen molar-refractivity contribution in [1.82, 2.24) is 15.4 Å². The Bertz CT molecular complexity index is 1060. The number of aliphatic hydroxyl groups is 1. The third-order valence-corrected chi connectivity index (χ3v) is 7.18. The minimum Gasteiger partial charge on any atom is -0.488 e. The lowest BCUT2D eigenvalue weighted by atomic mass is 9.99. The molecule has 1 aromatic carbocycles. The SMILES string of the molecule is CNC[C@H]1Oc2ccc(NS(=O)(=O)c3c(C)noc3C)cc2C(=O)N([C@@H](C)CO)C[C@@H]1C. The summed E-state index contributed by atoms with van der Waals surface area (Å²) in [6.45, 7) is 7.58. The lowest BCUT2D eigenvalue weighted by Crippen LogP contribution is -2.49. The number of hydrogen-bond acceptors (Lipinski definition) is 8. The summed E-state index contributed by atoms with van der Waals surface area (Å²) in [7, 11) is -2.16. The minimum atomic E-state index is -3.98. The molecule has 11 heteroatoms. The van der Waals surface area contributed by atoms with E-state index in [9.17, 15) is 18.3 Å². The monoisotopic (exact) mass is 466 g/mol. The van der Waals surface area contributed by atoms with Crippen molar-refractivity contribution in [2.45, 2.75) is 44.7 Å². The van der Waals surface area contributed by atoms with Crippen LogP contribution >= 0.6 is 0 Å². The van der Waals surface area contributed by atoms with Crippen LogP contribution in [0.2, 0.25) is 0 Å². The largest absolute Gasteiger partial charge is 0.488 e. The molecule has 0 saturated heterocycles. The molecule has 1 aliphatic rings. The highest BCUT2D eigenvalue weighted by Gasteiger charge is 2.33. The smallest absolute Gasteiger partial charge is 0.267 e. The van der Waals surface area contributed by atoms with Crippen LogP contribution in [0.25, 0.3) is 0 Å². The number of nitrogens with one attached hydrogen (secondary N) is 2. The number of nitrogens with zero attached hydrogens (tertiary/aromatic N) is 2. The highest BCUT2D eigenvalue weighted by Crippen LogP contribution is 2.31. The van der Waals surface area contributed by atoms with Gasteiger partial charge >= 0.3 is 0 Å². The number of benzene rings is 1. The van der Waals surface area contributed by atoms with Gasteiger partial charge in [0.15, 0.2) is 10.7 Å². The predicted octanol–water partition coefficient (Wildman–Crippen LogP) is 1.53. The normalized spacial score (nSPS) is 20.2. The van der Waals surface area contributed by atoms with E-state index in [1.165, 1.54) is 13.0 Å². The second-order valence-electron chi connectivity index (χ2n) is 8.15. The first-order valence-electron chi connectivity index (χ1n) is 10.4. The first-order valence-corrected chi connectivity index (χ1v) is 11.9. The molecule has 1 aliphatic heterocycles. The van der Waals surface area contributed by atoms with Gasteiger partial charge in [0.05, 0.1) is 18.2 Å². The molecule has 2 aromatic rings. The molecule has 32 heavy (non-hydrogen) atoms. The van der Waals surface area contributed by atoms with E-state index in [4.69, 9.17) is 9.26 Å². The molecular weight excluding hydrogens is 436 g/mol. The number of rotatable bonds is 7. The van der Waals surface area contributed by atoms with Gasteiger partial charge in [0.1, 0.15) is 17.5 Å². The summed E-state index contributed by atoms with van der Waals surface area (Å²) in [6.07, 6.45) is -0.218. The van der Waals surface area contributed by atoms with Crippen molar-refractivity contribution < 1.29 is 27.6 Å². The molecule has 1 amide bonds. The van der Waals surface area contributed by atoms with E-state index in [1.54, 1.807) is 30.9 Å². The Morgan fingerprint density at radius 1 is 1.34 bits per heavy atom. The Labute approximate surface area is 188 Å². The summed E-state index contributed by atoms with van der Waals surface area (Å²) in [5, 5.41) is 16.5. The van der Waals surface area contributed by atoms with E-state index in [-0.39, 0.29) is 52.1 Å². The summed E-state index contributed by atoms with van der Waals surface area (Å²) in [5.74, 6) is 0.200. The van der Waals surface area contributed by atoms with Crippen LogP contribution in [-0.2, 0) is 10.0 Å². The average Bonchev–Trinajstić information content (AvgIpc) is 3.09. The van der Waals surface area contributed by atoms with Gasteiger partial charge in [0, 0.05) is 24.7 Å². The Kier molecular flexibility index (Phi) is 7.11. The maximum Gasteiger partial charge on any atom is 0.267 e. The number of sulfonamides is 1. The molecule has 0 aliphatic carbocycles. The number of aryl methyl sites for hydroxylation is 2. The minimum absolute atomic E-state index is 0.00581. The quantitative estimate of drug-likeness (QED) is 0.559. The summed E-state index contributed by atoms with van der Waals surface area (Å²) in [4.78, 5) is 14.9. The van der Waals surface area contributed by atoms with E-state index in [0.717, 1.165) is 0 Å². The fourth-order valence-electron chi connectivity index (χ4n) is 3.80. The van der Waals surface area contributed by atoms with Crippen molar-refractivity contribution in [2.24, 2.45) is 5.92 Å². The van der Waals surface area contributed by atoms with E-state index < -0.39 is 16.1 Å². The maximum absolute atomic E-state index is 13.4. The van der Waals surface area contributed by atoms with Crippen LogP contribution in [0.3, 0.4) is 0 Å². The van der Waals surface area contributed by atoms with Gasteiger partial charge in [0.25, 0.3) is 15.9 Å². The Hall–Kier alpha value is -2.63. The molecule has 2 heterocycles. The Balaban J connectivity index is 2.02. The molecule has 3 rings (SSSR count). The van der Waals surface area contributed by atoms with E-state index in [1.807, 2.05) is 14.0 Å². The van der Waals surface area contributed by atoms with Gasteiger partial charge in [-0.15, -0.1) is 0 Å². The van der Waals surface area contributed by atoms with Crippen LogP contribution in [-0.4, -0.2) is 68.4 Å². The molecule has 10 nitrogen and oxygen atoms in total. The maximum atomic E-state index is 13.4. The van der Waals surface area contributed by atoms with Gasteiger partial charge in [0.2, 0.25) is 0 Å². The summed E-state index contributed by atoms with van der Waals surface area (Å²) in [6, 6.07) is 4.18. The highest BCUT2D eigenvalue weighted by atomic mass is 32.2. The topological polar surface area (TPSA) is 134 Å². The molecule has 1 aromatic heterocycles. The van der Waals surface area contributed by atoms with Crippen molar-refractivity contribution in [1.29, 1.82) is 0 Å². The predicted molar refractivity (Wildman–Crippen MR) is 118 cm³/mol. The molecule has 0 fully saturated rings. The lowest BCUT2D eigenvalue weighted by Gasteiger charge is -2.37. The number of carbonyl (C=O) groups is 1. The number of fused-ring (bicyclic) bond motifs is 1. The number of hydrogen-bond donors (Lipinski definition) is 3. The van der Waals surface area contributed by atoms with Crippen molar-refractivity contribution in [3.8, 4) is 5.75 Å². The number of carbonyl (C=O) groups excluding carboxylic acids is 1. The van der Waals surface area contributed by atoms with E-state index in [0.29, 0.717) is 18.8 Å². The zero-order valence-electron chi connectivity index (χ0n) is 18.9. The Morgan fingerprint density at radius 3 is 2.66 bits per heavy atom. The molecule has 0 spiro atoms. The fraction of sp³-hybridized carbons (Fsp3) is 0.524. The molecule has 0 unspecified atom stereocenters. The molecule has 0 saturated carbocycles. The van der Waals surface area contributed by atoms with Crippen LogP contribution in [0.1, 0.15) is 35.7 Å². The van der Waals surface area contributed by atoms with Gasteiger partial charge in [-0.25, -0.2) is 8.42 Å². The van der Waals surface area contributed by atoms with Crippen LogP contribution in [0, 0.1) is 19.8 Å². The second kappa shape index (κ2) is 9.47. The summed E-state index contributed by atoms with van der Waals surface area (Å²) in [5.41, 5.74) is 0.667. The number of anilines is 1. The van der Waals surface area contributed by atoms with Crippen molar-refractivity contribution >= 4 is 21.6 Å². The first kappa shape index (κ1) is 24.0. The number of ether oxygens (including phenoxy) is 1. The third kappa shape index (κ3) is 4.74. The first-order chi connectivity index (χ1) is 15.1. The zero-order valence-corrected chi connectivity index (χ0v) is 19.7. The second-order valence-corrected chi connectivity index (χ2v) is 9.77. The fourth-order valence-corrected chi connectivity index (χ4v) is 5.18.